The quantitative estimate of drug-likeness (QED) is 0.338. The molecular formula is C22H24BrN5O3S. The minimum atomic E-state index is -3.99. The second-order valence-corrected chi connectivity index (χ2v) is 9.49. The van der Waals surface area contributed by atoms with Gasteiger partial charge in [0, 0.05) is 21.5 Å². The Morgan fingerprint density at radius 3 is 2.22 bits per heavy atom. The lowest BCUT2D eigenvalue weighted by atomic mass is 10.3. The number of nitrogens with one attached hydrogen (secondary N) is 2. The Hall–Kier alpha value is -2.98. The molecule has 8 nitrogen and oxygen atoms in total. The standard InChI is InChI=1S/C22H24BrN5O3S/c1-4-13-31-19-9-7-18(8-10-19)26-22(27-21-24-15(2)14-16(3)25-21)28-32(29,30)20-11-5-17(23)6-12-20/h5-12,14H,4,13H2,1-3H3,(H2,24,25,26,27,28). The van der Waals surface area contributed by atoms with Gasteiger partial charge in [0.1, 0.15) is 5.75 Å². The van der Waals surface area contributed by atoms with Crippen molar-refractivity contribution in [2.24, 2.45) is 4.40 Å². The third-order valence-electron chi connectivity index (χ3n) is 4.13. The van der Waals surface area contributed by atoms with E-state index in [2.05, 4.69) is 40.9 Å². The van der Waals surface area contributed by atoms with Gasteiger partial charge in [-0.3, -0.25) is 5.32 Å². The topological polar surface area (TPSA) is 106 Å². The second-order valence-electron chi connectivity index (χ2n) is 6.97. The molecule has 3 aromatic rings. The molecule has 0 atom stereocenters. The predicted molar refractivity (Wildman–Crippen MR) is 130 cm³/mol. The number of halogens is 1. The first kappa shape index (κ1) is 23.7. The number of benzene rings is 2. The molecule has 0 aliphatic heterocycles. The van der Waals surface area contributed by atoms with Gasteiger partial charge in [0.15, 0.2) is 0 Å². The van der Waals surface area contributed by atoms with Crippen LogP contribution < -0.4 is 15.4 Å². The lowest BCUT2D eigenvalue weighted by Gasteiger charge is -2.13. The first-order valence-corrected chi connectivity index (χ1v) is 12.2. The van der Waals surface area contributed by atoms with E-state index in [4.69, 9.17) is 4.74 Å². The van der Waals surface area contributed by atoms with Crippen molar-refractivity contribution >= 4 is 43.5 Å². The van der Waals surface area contributed by atoms with Crippen molar-refractivity contribution in [1.82, 2.24) is 9.97 Å². The molecule has 32 heavy (non-hydrogen) atoms. The van der Waals surface area contributed by atoms with E-state index in [0.29, 0.717) is 12.3 Å². The van der Waals surface area contributed by atoms with Gasteiger partial charge in [-0.1, -0.05) is 22.9 Å². The number of hydrogen-bond donors (Lipinski definition) is 2. The maximum Gasteiger partial charge on any atom is 0.285 e. The lowest BCUT2D eigenvalue weighted by molar-refractivity contribution is 0.317. The first-order valence-electron chi connectivity index (χ1n) is 9.95. The SMILES string of the molecule is CCCOc1ccc(N/C(=N/S(=O)(=O)c2ccc(Br)cc2)Nc2nc(C)cc(C)n2)cc1. The summed E-state index contributed by atoms with van der Waals surface area (Å²) in [5.41, 5.74) is 2.11. The minimum absolute atomic E-state index is 0.0276. The van der Waals surface area contributed by atoms with Crippen LogP contribution in [-0.4, -0.2) is 31.0 Å². The largest absolute Gasteiger partial charge is 0.494 e. The fourth-order valence-corrected chi connectivity index (χ4v) is 3.92. The minimum Gasteiger partial charge on any atom is -0.494 e. The average Bonchev–Trinajstić information content (AvgIpc) is 2.72. The highest BCUT2D eigenvalue weighted by atomic mass is 79.9. The van der Waals surface area contributed by atoms with Crippen LogP contribution in [0.1, 0.15) is 24.7 Å². The number of nitrogens with zero attached hydrogens (tertiary/aromatic N) is 3. The normalized spacial score (nSPS) is 11.8. The van der Waals surface area contributed by atoms with Gasteiger partial charge in [-0.2, -0.15) is 8.42 Å². The van der Waals surface area contributed by atoms with E-state index >= 15 is 0 Å². The molecule has 0 fully saturated rings. The zero-order valence-corrected chi connectivity index (χ0v) is 20.4. The first-order chi connectivity index (χ1) is 15.2. The van der Waals surface area contributed by atoms with Gasteiger partial charge in [0.05, 0.1) is 11.5 Å². The van der Waals surface area contributed by atoms with Gasteiger partial charge in [0.2, 0.25) is 11.9 Å². The Morgan fingerprint density at radius 1 is 1.00 bits per heavy atom. The molecule has 0 saturated heterocycles. The van der Waals surface area contributed by atoms with E-state index in [1.54, 1.807) is 36.4 Å². The monoisotopic (exact) mass is 517 g/mol. The summed E-state index contributed by atoms with van der Waals surface area (Å²) in [7, 11) is -3.99. The number of guanidine groups is 1. The zero-order valence-electron chi connectivity index (χ0n) is 18.0. The average molecular weight is 518 g/mol. The number of aromatic nitrogens is 2. The molecule has 1 aromatic heterocycles. The second kappa shape index (κ2) is 10.6. The summed E-state index contributed by atoms with van der Waals surface area (Å²) in [6.45, 7) is 6.32. The van der Waals surface area contributed by atoms with E-state index in [0.717, 1.165) is 28.0 Å². The van der Waals surface area contributed by atoms with Crippen molar-refractivity contribution in [2.45, 2.75) is 32.1 Å². The van der Waals surface area contributed by atoms with Gasteiger partial charge in [-0.25, -0.2) is 9.97 Å². The van der Waals surface area contributed by atoms with Crippen molar-refractivity contribution in [3.63, 3.8) is 0 Å². The van der Waals surface area contributed by atoms with Gasteiger partial charge >= 0.3 is 0 Å². The number of anilines is 2. The summed E-state index contributed by atoms with van der Waals surface area (Å²) >= 11 is 3.30. The molecule has 0 spiro atoms. The highest BCUT2D eigenvalue weighted by Crippen LogP contribution is 2.19. The summed E-state index contributed by atoms with van der Waals surface area (Å²) in [5.74, 6) is 0.937. The van der Waals surface area contributed by atoms with Crippen LogP contribution in [-0.2, 0) is 10.0 Å². The number of ether oxygens (including phenoxy) is 1. The van der Waals surface area contributed by atoms with Crippen LogP contribution >= 0.6 is 15.9 Å². The molecule has 0 aliphatic rings. The molecule has 0 radical (unpaired) electrons. The number of hydrogen-bond acceptors (Lipinski definition) is 5. The molecule has 2 N–H and O–H groups in total. The lowest BCUT2D eigenvalue weighted by Crippen LogP contribution is -2.25. The Bertz CT molecular complexity index is 1180. The molecule has 0 unspecified atom stereocenters. The van der Waals surface area contributed by atoms with E-state index in [9.17, 15) is 8.42 Å². The maximum atomic E-state index is 12.9. The van der Waals surface area contributed by atoms with Gasteiger partial charge in [-0.15, -0.1) is 4.40 Å². The number of sulfonamides is 1. The summed E-state index contributed by atoms with van der Waals surface area (Å²) in [5, 5.41) is 5.89. The summed E-state index contributed by atoms with van der Waals surface area (Å²) in [6.07, 6.45) is 0.907. The van der Waals surface area contributed by atoms with Crippen molar-refractivity contribution in [2.75, 3.05) is 17.2 Å². The Kier molecular flexibility index (Phi) is 7.81. The van der Waals surface area contributed by atoms with Crippen LogP contribution in [0.15, 0.2) is 68.4 Å². The molecule has 0 aliphatic carbocycles. The number of rotatable bonds is 7. The van der Waals surface area contributed by atoms with Crippen LogP contribution in [0, 0.1) is 13.8 Å². The van der Waals surface area contributed by atoms with Gasteiger partial charge in [0.25, 0.3) is 10.0 Å². The van der Waals surface area contributed by atoms with Gasteiger partial charge < -0.3 is 10.1 Å². The molecule has 2 aromatic carbocycles. The van der Waals surface area contributed by atoms with Crippen LogP contribution in [0.2, 0.25) is 0 Å². The maximum absolute atomic E-state index is 12.9. The van der Waals surface area contributed by atoms with Crippen LogP contribution in [0.5, 0.6) is 5.75 Å². The molecule has 0 bridgehead atoms. The third-order valence-corrected chi connectivity index (χ3v) is 5.94. The summed E-state index contributed by atoms with van der Waals surface area (Å²) in [6, 6.07) is 15.2. The fourth-order valence-electron chi connectivity index (χ4n) is 2.74. The molecule has 168 valence electrons. The number of aryl methyl sites for hydroxylation is 2. The third kappa shape index (κ3) is 6.76. The zero-order chi connectivity index (χ0) is 23.1. The van der Waals surface area contributed by atoms with Crippen LogP contribution in [0.3, 0.4) is 0 Å². The van der Waals surface area contributed by atoms with Crippen molar-refractivity contribution in [3.05, 3.63) is 70.5 Å². The van der Waals surface area contributed by atoms with Crippen LogP contribution in [0.4, 0.5) is 11.6 Å². The van der Waals surface area contributed by atoms with E-state index in [1.807, 2.05) is 26.8 Å². The summed E-state index contributed by atoms with van der Waals surface area (Å²) < 4.78 is 36.1. The van der Waals surface area contributed by atoms with E-state index in [-0.39, 0.29) is 16.8 Å². The highest BCUT2D eigenvalue weighted by molar-refractivity contribution is 9.10. The van der Waals surface area contributed by atoms with Crippen molar-refractivity contribution < 1.29 is 13.2 Å². The van der Waals surface area contributed by atoms with E-state index in [1.165, 1.54) is 12.1 Å². The molecular weight excluding hydrogens is 494 g/mol. The smallest absolute Gasteiger partial charge is 0.285 e. The predicted octanol–water partition coefficient (Wildman–Crippen LogP) is 4.91. The van der Waals surface area contributed by atoms with Crippen molar-refractivity contribution in [3.8, 4) is 5.75 Å². The molecule has 0 amide bonds. The molecule has 10 heteroatoms. The molecule has 3 rings (SSSR count). The summed E-state index contributed by atoms with van der Waals surface area (Å²) in [4.78, 5) is 8.69. The fraction of sp³-hybridized carbons (Fsp3) is 0.227. The molecule has 0 saturated carbocycles. The Balaban J connectivity index is 1.93. The Morgan fingerprint density at radius 2 is 1.62 bits per heavy atom. The van der Waals surface area contributed by atoms with E-state index < -0.39 is 10.0 Å². The van der Waals surface area contributed by atoms with Gasteiger partial charge in [-0.05, 0) is 74.9 Å². The Labute approximate surface area is 196 Å². The molecule has 1 heterocycles. The highest BCUT2D eigenvalue weighted by Gasteiger charge is 2.16. The van der Waals surface area contributed by atoms with Crippen molar-refractivity contribution in [1.29, 1.82) is 0 Å². The van der Waals surface area contributed by atoms with Crippen LogP contribution in [0.25, 0.3) is 0 Å².